The lowest BCUT2D eigenvalue weighted by molar-refractivity contribution is 0.284. The van der Waals surface area contributed by atoms with E-state index in [0.717, 1.165) is 24.0 Å². The first kappa shape index (κ1) is 12.8. The van der Waals surface area contributed by atoms with Gasteiger partial charge in [0.05, 0.1) is 5.54 Å². The van der Waals surface area contributed by atoms with Crippen LogP contribution in [0.15, 0.2) is 28.8 Å². The van der Waals surface area contributed by atoms with Crippen molar-refractivity contribution in [1.82, 2.24) is 10.1 Å². The molecule has 1 aromatic carbocycles. The van der Waals surface area contributed by atoms with Crippen molar-refractivity contribution in [3.8, 4) is 11.4 Å². The van der Waals surface area contributed by atoms with Crippen LogP contribution in [-0.4, -0.2) is 10.1 Å². The number of benzene rings is 1. The van der Waals surface area contributed by atoms with E-state index in [0.29, 0.717) is 11.7 Å². The summed E-state index contributed by atoms with van der Waals surface area (Å²) in [5.41, 5.74) is 7.74. The Hall–Kier alpha value is -1.68. The van der Waals surface area contributed by atoms with Gasteiger partial charge in [0, 0.05) is 5.56 Å². The minimum atomic E-state index is -0.553. The number of nitrogens with two attached hydrogens (primary N) is 1. The largest absolute Gasteiger partial charge is 0.337 e. The van der Waals surface area contributed by atoms with Gasteiger partial charge in [0.2, 0.25) is 11.7 Å². The molecular formula is C14H19N3O. The number of nitrogens with zero attached hydrogens (tertiary/aromatic N) is 2. The Balaban J connectivity index is 2.34. The Labute approximate surface area is 107 Å². The second-order valence-corrected chi connectivity index (χ2v) is 4.91. The van der Waals surface area contributed by atoms with E-state index in [4.69, 9.17) is 10.3 Å². The van der Waals surface area contributed by atoms with Crippen molar-refractivity contribution in [2.24, 2.45) is 5.73 Å². The third-order valence-corrected chi connectivity index (χ3v) is 3.07. The van der Waals surface area contributed by atoms with Crippen molar-refractivity contribution < 1.29 is 4.52 Å². The molecule has 4 heteroatoms. The van der Waals surface area contributed by atoms with Gasteiger partial charge in [-0.2, -0.15) is 4.98 Å². The average molecular weight is 245 g/mol. The van der Waals surface area contributed by atoms with Crippen molar-refractivity contribution in [3.05, 3.63) is 35.7 Å². The second kappa shape index (κ2) is 4.90. The van der Waals surface area contributed by atoms with Crippen LogP contribution in [0.25, 0.3) is 11.4 Å². The smallest absolute Gasteiger partial charge is 0.246 e. The zero-order valence-electron chi connectivity index (χ0n) is 11.1. The summed E-state index contributed by atoms with van der Waals surface area (Å²) >= 11 is 0. The molecule has 0 aliphatic rings. The Morgan fingerprint density at radius 3 is 2.72 bits per heavy atom. The van der Waals surface area contributed by atoms with Crippen LogP contribution in [0, 0.1) is 6.92 Å². The van der Waals surface area contributed by atoms with Gasteiger partial charge in [-0.3, -0.25) is 0 Å². The summed E-state index contributed by atoms with van der Waals surface area (Å²) < 4.78 is 5.31. The molecule has 18 heavy (non-hydrogen) atoms. The number of hydrogen-bond donors (Lipinski definition) is 1. The standard InChI is InChI=1S/C14H19N3O/c1-4-9-14(3,15)13-16-12(17-18-13)11-8-6-5-7-10(11)2/h5-8H,4,9,15H2,1-3H3. The Kier molecular flexibility index (Phi) is 3.48. The Morgan fingerprint density at radius 2 is 2.06 bits per heavy atom. The molecule has 2 N–H and O–H groups in total. The van der Waals surface area contributed by atoms with Crippen LogP contribution >= 0.6 is 0 Å². The Morgan fingerprint density at radius 1 is 1.33 bits per heavy atom. The molecule has 0 bridgehead atoms. The van der Waals surface area contributed by atoms with Crippen LogP contribution in [0.1, 0.15) is 38.1 Å². The molecule has 0 amide bonds. The van der Waals surface area contributed by atoms with E-state index in [1.165, 1.54) is 0 Å². The molecule has 0 saturated heterocycles. The summed E-state index contributed by atoms with van der Waals surface area (Å²) in [6, 6.07) is 7.96. The maximum absolute atomic E-state index is 6.18. The summed E-state index contributed by atoms with van der Waals surface area (Å²) in [6.07, 6.45) is 1.80. The lowest BCUT2D eigenvalue weighted by atomic mass is 9.98. The summed E-state index contributed by atoms with van der Waals surface area (Å²) in [6.45, 7) is 6.04. The zero-order valence-corrected chi connectivity index (χ0v) is 11.1. The summed E-state index contributed by atoms with van der Waals surface area (Å²) in [4.78, 5) is 4.43. The van der Waals surface area contributed by atoms with Crippen LogP contribution in [0.2, 0.25) is 0 Å². The summed E-state index contributed by atoms with van der Waals surface area (Å²) in [7, 11) is 0. The lowest BCUT2D eigenvalue weighted by Crippen LogP contribution is -2.33. The third-order valence-electron chi connectivity index (χ3n) is 3.07. The van der Waals surface area contributed by atoms with Gasteiger partial charge in [0.1, 0.15) is 0 Å². The summed E-state index contributed by atoms with van der Waals surface area (Å²) in [5, 5.41) is 4.03. The van der Waals surface area contributed by atoms with Gasteiger partial charge in [-0.05, 0) is 25.8 Å². The van der Waals surface area contributed by atoms with Gasteiger partial charge in [-0.15, -0.1) is 0 Å². The van der Waals surface area contributed by atoms with E-state index < -0.39 is 5.54 Å². The molecule has 4 nitrogen and oxygen atoms in total. The highest BCUT2D eigenvalue weighted by Gasteiger charge is 2.27. The van der Waals surface area contributed by atoms with Gasteiger partial charge in [0.25, 0.3) is 0 Å². The molecule has 0 saturated carbocycles. The fourth-order valence-corrected chi connectivity index (χ4v) is 2.01. The second-order valence-electron chi connectivity index (χ2n) is 4.91. The molecule has 1 heterocycles. The highest BCUT2D eigenvalue weighted by atomic mass is 16.5. The van der Waals surface area contributed by atoms with Crippen LogP contribution in [0.5, 0.6) is 0 Å². The van der Waals surface area contributed by atoms with Crippen molar-refractivity contribution in [2.45, 2.75) is 39.2 Å². The molecule has 2 aromatic rings. The molecular weight excluding hydrogens is 226 g/mol. The molecule has 0 fully saturated rings. The predicted molar refractivity (Wildman–Crippen MR) is 70.9 cm³/mol. The van der Waals surface area contributed by atoms with Crippen LogP contribution < -0.4 is 5.73 Å². The molecule has 1 atom stereocenters. The lowest BCUT2D eigenvalue weighted by Gasteiger charge is -2.18. The van der Waals surface area contributed by atoms with Crippen molar-refractivity contribution in [2.75, 3.05) is 0 Å². The normalized spacial score (nSPS) is 14.4. The van der Waals surface area contributed by atoms with E-state index in [9.17, 15) is 0 Å². The highest BCUT2D eigenvalue weighted by Crippen LogP contribution is 2.25. The van der Waals surface area contributed by atoms with E-state index in [2.05, 4.69) is 17.1 Å². The fourth-order valence-electron chi connectivity index (χ4n) is 2.01. The first-order chi connectivity index (χ1) is 8.54. The number of aromatic nitrogens is 2. The van der Waals surface area contributed by atoms with Gasteiger partial charge < -0.3 is 10.3 Å². The van der Waals surface area contributed by atoms with Gasteiger partial charge in [-0.1, -0.05) is 42.8 Å². The molecule has 1 unspecified atom stereocenters. The minimum Gasteiger partial charge on any atom is -0.337 e. The maximum atomic E-state index is 6.18. The van der Waals surface area contributed by atoms with E-state index in [1.807, 2.05) is 38.1 Å². The van der Waals surface area contributed by atoms with Crippen molar-refractivity contribution >= 4 is 0 Å². The fraction of sp³-hybridized carbons (Fsp3) is 0.429. The maximum Gasteiger partial charge on any atom is 0.246 e. The van der Waals surface area contributed by atoms with Crippen LogP contribution in [-0.2, 0) is 5.54 Å². The van der Waals surface area contributed by atoms with E-state index in [-0.39, 0.29) is 0 Å². The molecule has 0 aliphatic carbocycles. The third kappa shape index (κ3) is 2.43. The topological polar surface area (TPSA) is 64.9 Å². The molecule has 1 aromatic heterocycles. The molecule has 0 spiro atoms. The number of rotatable bonds is 4. The van der Waals surface area contributed by atoms with Crippen LogP contribution in [0.4, 0.5) is 0 Å². The van der Waals surface area contributed by atoms with E-state index >= 15 is 0 Å². The SMILES string of the molecule is CCCC(C)(N)c1nc(-c2ccccc2C)no1. The van der Waals surface area contributed by atoms with Crippen molar-refractivity contribution in [1.29, 1.82) is 0 Å². The number of aryl methyl sites for hydroxylation is 1. The number of hydrogen-bond acceptors (Lipinski definition) is 4. The van der Waals surface area contributed by atoms with Gasteiger partial charge in [-0.25, -0.2) is 0 Å². The minimum absolute atomic E-state index is 0.502. The predicted octanol–water partition coefficient (Wildman–Crippen LogP) is 3.02. The van der Waals surface area contributed by atoms with Gasteiger partial charge in [0.15, 0.2) is 0 Å². The van der Waals surface area contributed by atoms with Crippen molar-refractivity contribution in [3.63, 3.8) is 0 Å². The average Bonchev–Trinajstić information content (AvgIpc) is 2.79. The first-order valence-corrected chi connectivity index (χ1v) is 6.23. The highest BCUT2D eigenvalue weighted by molar-refractivity contribution is 5.59. The van der Waals surface area contributed by atoms with Gasteiger partial charge >= 0.3 is 0 Å². The summed E-state index contributed by atoms with van der Waals surface area (Å²) in [5.74, 6) is 1.11. The van der Waals surface area contributed by atoms with Crippen LogP contribution in [0.3, 0.4) is 0 Å². The quantitative estimate of drug-likeness (QED) is 0.899. The molecule has 2 rings (SSSR count). The molecule has 0 aliphatic heterocycles. The molecule has 96 valence electrons. The Bertz CT molecular complexity index is 531. The monoisotopic (exact) mass is 245 g/mol. The zero-order chi connectivity index (χ0) is 13.2. The molecule has 0 radical (unpaired) electrons. The van der Waals surface area contributed by atoms with E-state index in [1.54, 1.807) is 0 Å². The first-order valence-electron chi connectivity index (χ1n) is 6.23.